The zero-order valence-corrected chi connectivity index (χ0v) is 16.3. The molecule has 0 fully saturated rings. The molecule has 0 radical (unpaired) electrons. The molecule has 2 N–H and O–H groups in total. The third-order valence-corrected chi connectivity index (χ3v) is 3.98. The third-order valence-electron chi connectivity index (χ3n) is 3.98. The largest absolute Gasteiger partial charge is 0.357 e. The van der Waals surface area contributed by atoms with E-state index in [9.17, 15) is 0 Å². The highest BCUT2D eigenvalue weighted by Crippen LogP contribution is 2.05. The molecule has 0 aromatic carbocycles. The highest BCUT2D eigenvalue weighted by Gasteiger charge is 2.12. The summed E-state index contributed by atoms with van der Waals surface area (Å²) in [5, 5.41) is 10.9. The van der Waals surface area contributed by atoms with E-state index in [1.54, 1.807) is 0 Å². The van der Waals surface area contributed by atoms with Crippen LogP contribution >= 0.6 is 0 Å². The lowest BCUT2D eigenvalue weighted by atomic mass is 10.2. The molecule has 1 aromatic rings. The molecule has 0 spiro atoms. The average Bonchev–Trinajstić information content (AvgIpc) is 2.91. The molecule has 1 aromatic heterocycles. The number of nitrogens with one attached hydrogen (secondary N) is 2. The van der Waals surface area contributed by atoms with Gasteiger partial charge in [0.2, 0.25) is 0 Å². The predicted octanol–water partition coefficient (Wildman–Crippen LogP) is 2.03. The molecule has 0 saturated carbocycles. The Morgan fingerprint density at radius 1 is 1.25 bits per heavy atom. The first-order valence-electron chi connectivity index (χ1n) is 9.19. The van der Waals surface area contributed by atoms with Crippen LogP contribution in [0, 0.1) is 0 Å². The highest BCUT2D eigenvalue weighted by molar-refractivity contribution is 5.79. The summed E-state index contributed by atoms with van der Waals surface area (Å²) in [6, 6.07) is 1.17. The van der Waals surface area contributed by atoms with Gasteiger partial charge in [-0.2, -0.15) is 5.10 Å². The first-order valence-corrected chi connectivity index (χ1v) is 9.19. The van der Waals surface area contributed by atoms with Crippen LogP contribution in [0.2, 0.25) is 0 Å². The molecule has 0 aliphatic carbocycles. The topological polar surface area (TPSA) is 57.5 Å². The first kappa shape index (κ1) is 20.5. The lowest BCUT2D eigenvalue weighted by Gasteiger charge is -2.30. The first-order chi connectivity index (χ1) is 11.4. The smallest absolute Gasteiger partial charge is 0.191 e. The van der Waals surface area contributed by atoms with E-state index in [0.29, 0.717) is 12.1 Å². The summed E-state index contributed by atoms with van der Waals surface area (Å²) in [4.78, 5) is 7.20. The third kappa shape index (κ3) is 7.81. The molecule has 24 heavy (non-hydrogen) atoms. The van der Waals surface area contributed by atoms with Crippen LogP contribution in [0.15, 0.2) is 17.4 Å². The Balaban J connectivity index is 2.36. The monoisotopic (exact) mass is 336 g/mol. The number of aliphatic imine (C=N–C) groups is 1. The van der Waals surface area contributed by atoms with Gasteiger partial charge in [-0.3, -0.25) is 14.6 Å². The van der Waals surface area contributed by atoms with Crippen LogP contribution in [0.1, 0.15) is 46.6 Å². The van der Waals surface area contributed by atoms with Crippen molar-refractivity contribution in [3.05, 3.63) is 18.0 Å². The standard InChI is InChI=1S/C18H36N6/c1-7-19-18(21-11-9-17-13-22-23(6)14-17)20-10-8-12-24(15(2)3)16(4)5/h13-16H,7-12H2,1-6H3,(H2,19,20,21). The minimum atomic E-state index is 0.583. The van der Waals surface area contributed by atoms with E-state index in [1.165, 1.54) is 5.56 Å². The summed E-state index contributed by atoms with van der Waals surface area (Å²) < 4.78 is 1.84. The molecule has 0 unspecified atom stereocenters. The minimum absolute atomic E-state index is 0.583. The van der Waals surface area contributed by atoms with Crippen LogP contribution in [-0.2, 0) is 13.5 Å². The van der Waals surface area contributed by atoms with Gasteiger partial charge in [-0.05, 0) is 53.0 Å². The second-order valence-corrected chi connectivity index (χ2v) is 6.74. The van der Waals surface area contributed by atoms with Crippen LogP contribution in [-0.4, -0.2) is 58.9 Å². The normalized spacial score (nSPS) is 12.5. The van der Waals surface area contributed by atoms with E-state index in [1.807, 2.05) is 17.9 Å². The van der Waals surface area contributed by atoms with Gasteiger partial charge in [-0.1, -0.05) is 0 Å². The Hall–Kier alpha value is -1.56. The lowest BCUT2D eigenvalue weighted by molar-refractivity contribution is 0.174. The number of nitrogens with zero attached hydrogens (tertiary/aromatic N) is 4. The lowest BCUT2D eigenvalue weighted by Crippen LogP contribution is -2.39. The maximum atomic E-state index is 4.69. The Morgan fingerprint density at radius 2 is 1.96 bits per heavy atom. The molecular formula is C18H36N6. The summed E-state index contributed by atoms with van der Waals surface area (Å²) in [6.45, 7) is 14.8. The Bertz CT molecular complexity index is 470. The molecule has 1 rings (SSSR count). The molecule has 0 bridgehead atoms. The summed E-state index contributed by atoms with van der Waals surface area (Å²) >= 11 is 0. The fraction of sp³-hybridized carbons (Fsp3) is 0.778. The van der Waals surface area contributed by atoms with Crippen molar-refractivity contribution in [2.45, 2.75) is 59.5 Å². The van der Waals surface area contributed by atoms with Crippen LogP contribution in [0.3, 0.4) is 0 Å². The van der Waals surface area contributed by atoms with Gasteiger partial charge in [-0.25, -0.2) is 0 Å². The van der Waals surface area contributed by atoms with Crippen molar-refractivity contribution in [1.29, 1.82) is 0 Å². The Kier molecular flexibility index (Phi) is 9.45. The van der Waals surface area contributed by atoms with Crippen LogP contribution < -0.4 is 10.6 Å². The molecular weight excluding hydrogens is 300 g/mol. The second kappa shape index (κ2) is 11.1. The molecule has 0 aliphatic rings. The van der Waals surface area contributed by atoms with E-state index >= 15 is 0 Å². The number of guanidine groups is 1. The average molecular weight is 337 g/mol. The summed E-state index contributed by atoms with van der Waals surface area (Å²) in [7, 11) is 1.94. The van der Waals surface area contributed by atoms with E-state index in [2.05, 4.69) is 66.4 Å². The molecule has 1 heterocycles. The Labute approximate surface area is 147 Å². The van der Waals surface area contributed by atoms with Gasteiger partial charge in [0.25, 0.3) is 0 Å². The van der Waals surface area contributed by atoms with Gasteiger partial charge in [-0.15, -0.1) is 0 Å². The van der Waals surface area contributed by atoms with E-state index in [4.69, 9.17) is 0 Å². The molecule has 0 aliphatic heterocycles. The number of hydrogen-bond acceptors (Lipinski definition) is 3. The Morgan fingerprint density at radius 3 is 2.50 bits per heavy atom. The number of aromatic nitrogens is 2. The van der Waals surface area contributed by atoms with Crippen molar-refractivity contribution in [2.75, 3.05) is 26.2 Å². The fourth-order valence-electron chi connectivity index (χ4n) is 2.82. The molecule has 138 valence electrons. The maximum Gasteiger partial charge on any atom is 0.191 e. The van der Waals surface area contributed by atoms with E-state index in [0.717, 1.165) is 45.0 Å². The van der Waals surface area contributed by atoms with Crippen LogP contribution in [0.25, 0.3) is 0 Å². The number of hydrogen-bond donors (Lipinski definition) is 2. The van der Waals surface area contributed by atoms with Crippen LogP contribution in [0.5, 0.6) is 0 Å². The van der Waals surface area contributed by atoms with Crippen molar-refractivity contribution in [1.82, 2.24) is 25.3 Å². The second-order valence-electron chi connectivity index (χ2n) is 6.74. The van der Waals surface area contributed by atoms with E-state index in [-0.39, 0.29) is 0 Å². The van der Waals surface area contributed by atoms with Crippen molar-refractivity contribution >= 4 is 5.96 Å². The molecule has 0 atom stereocenters. The summed E-state index contributed by atoms with van der Waals surface area (Å²) in [6.07, 6.45) is 6.00. The van der Waals surface area contributed by atoms with Crippen molar-refractivity contribution in [3.63, 3.8) is 0 Å². The molecule has 6 nitrogen and oxygen atoms in total. The molecule has 0 amide bonds. The zero-order chi connectivity index (χ0) is 17.9. The van der Waals surface area contributed by atoms with E-state index < -0.39 is 0 Å². The van der Waals surface area contributed by atoms with Gasteiger partial charge in [0.1, 0.15) is 0 Å². The molecule has 6 heteroatoms. The number of aryl methyl sites for hydroxylation is 1. The highest BCUT2D eigenvalue weighted by atomic mass is 15.2. The predicted molar refractivity (Wildman–Crippen MR) is 102 cm³/mol. The van der Waals surface area contributed by atoms with Gasteiger partial charge in [0.05, 0.1) is 6.20 Å². The quantitative estimate of drug-likeness (QED) is 0.390. The summed E-state index contributed by atoms with van der Waals surface area (Å²) in [5.41, 5.74) is 1.24. The van der Waals surface area contributed by atoms with Crippen molar-refractivity contribution in [2.24, 2.45) is 12.0 Å². The fourth-order valence-corrected chi connectivity index (χ4v) is 2.82. The number of rotatable bonds is 10. The molecule has 0 saturated heterocycles. The SMILES string of the molecule is CCNC(=NCCCN(C(C)C)C(C)C)NCCc1cnn(C)c1. The van der Waals surface area contributed by atoms with Gasteiger partial charge >= 0.3 is 0 Å². The zero-order valence-electron chi connectivity index (χ0n) is 16.3. The maximum absolute atomic E-state index is 4.69. The minimum Gasteiger partial charge on any atom is -0.357 e. The van der Waals surface area contributed by atoms with Gasteiger partial charge in [0, 0.05) is 51.5 Å². The van der Waals surface area contributed by atoms with Gasteiger partial charge in [0.15, 0.2) is 5.96 Å². The van der Waals surface area contributed by atoms with Gasteiger partial charge < -0.3 is 10.6 Å². The van der Waals surface area contributed by atoms with Crippen molar-refractivity contribution < 1.29 is 0 Å². The summed E-state index contributed by atoms with van der Waals surface area (Å²) in [5.74, 6) is 0.905. The van der Waals surface area contributed by atoms with Crippen molar-refractivity contribution in [3.8, 4) is 0 Å². The van der Waals surface area contributed by atoms with Crippen LogP contribution in [0.4, 0.5) is 0 Å².